The molecular formula is C14H19FN2OS. The summed E-state index contributed by atoms with van der Waals surface area (Å²) in [5.74, 6) is 0.302. The minimum atomic E-state index is -0.244. The molecule has 0 amide bonds. The molecule has 0 aliphatic heterocycles. The molecular weight excluding hydrogens is 263 g/mol. The molecule has 19 heavy (non-hydrogen) atoms. The van der Waals surface area contributed by atoms with Gasteiger partial charge < -0.3 is 14.3 Å². The smallest absolute Gasteiger partial charge is 0.178 e. The summed E-state index contributed by atoms with van der Waals surface area (Å²) in [6.07, 6.45) is 0.866. The van der Waals surface area contributed by atoms with Crippen molar-refractivity contribution in [1.82, 2.24) is 9.55 Å². The van der Waals surface area contributed by atoms with Crippen LogP contribution in [0.25, 0.3) is 11.0 Å². The standard InChI is InChI=1S/C14H19FN2OS/c1-10(2)9-18-7-3-6-17-13-8-11(15)4-5-12(13)16-14(17)19/h4-5,8,10H,3,6-7,9H2,1-2H3,(H,16,19). The first-order valence-electron chi connectivity index (χ1n) is 6.53. The Balaban J connectivity index is 2.02. The molecule has 0 spiro atoms. The lowest BCUT2D eigenvalue weighted by atomic mass is 10.2. The van der Waals surface area contributed by atoms with E-state index in [1.54, 1.807) is 6.07 Å². The molecule has 1 aromatic heterocycles. The quantitative estimate of drug-likeness (QED) is 0.643. The first-order chi connectivity index (χ1) is 9.08. The Morgan fingerprint density at radius 1 is 1.42 bits per heavy atom. The van der Waals surface area contributed by atoms with Gasteiger partial charge in [0.15, 0.2) is 4.77 Å². The molecule has 2 rings (SSSR count). The number of nitrogens with zero attached hydrogens (tertiary/aromatic N) is 1. The minimum Gasteiger partial charge on any atom is -0.381 e. The maximum absolute atomic E-state index is 13.3. The van der Waals surface area contributed by atoms with E-state index >= 15 is 0 Å². The molecule has 0 aliphatic rings. The Morgan fingerprint density at radius 3 is 2.95 bits per heavy atom. The third-order valence-electron chi connectivity index (χ3n) is 2.86. The van der Waals surface area contributed by atoms with Gasteiger partial charge in [-0.2, -0.15) is 0 Å². The van der Waals surface area contributed by atoms with Gasteiger partial charge in [-0.05, 0) is 42.8 Å². The van der Waals surface area contributed by atoms with Crippen LogP contribution in [0.4, 0.5) is 4.39 Å². The van der Waals surface area contributed by atoms with Crippen molar-refractivity contribution in [3.8, 4) is 0 Å². The Labute approximate surface area is 117 Å². The van der Waals surface area contributed by atoms with Crippen molar-refractivity contribution in [3.05, 3.63) is 28.8 Å². The molecule has 0 aliphatic carbocycles. The summed E-state index contributed by atoms with van der Waals surface area (Å²) >= 11 is 5.26. The van der Waals surface area contributed by atoms with Crippen LogP contribution >= 0.6 is 12.2 Å². The average molecular weight is 282 g/mol. The predicted octanol–water partition coefficient (Wildman–Crippen LogP) is 3.90. The molecule has 1 aromatic carbocycles. The summed E-state index contributed by atoms with van der Waals surface area (Å²) in [6, 6.07) is 4.66. The lowest BCUT2D eigenvalue weighted by Crippen LogP contribution is -2.06. The number of benzene rings is 1. The molecule has 0 bridgehead atoms. The number of ether oxygens (including phenoxy) is 1. The molecule has 104 valence electrons. The van der Waals surface area contributed by atoms with Crippen LogP contribution in [0.15, 0.2) is 18.2 Å². The van der Waals surface area contributed by atoms with Crippen molar-refractivity contribution < 1.29 is 9.13 Å². The fourth-order valence-electron chi connectivity index (χ4n) is 1.99. The second kappa shape index (κ2) is 6.30. The first kappa shape index (κ1) is 14.2. The monoisotopic (exact) mass is 282 g/mol. The number of imidazole rings is 1. The van der Waals surface area contributed by atoms with Gasteiger partial charge in [0.1, 0.15) is 5.82 Å². The molecule has 0 saturated carbocycles. The fourth-order valence-corrected chi connectivity index (χ4v) is 2.29. The number of nitrogens with one attached hydrogen (secondary N) is 1. The SMILES string of the molecule is CC(C)COCCCn1c(=S)[nH]c2ccc(F)cc21. The van der Waals surface area contributed by atoms with Gasteiger partial charge in [0.25, 0.3) is 0 Å². The van der Waals surface area contributed by atoms with Gasteiger partial charge in [-0.25, -0.2) is 4.39 Å². The van der Waals surface area contributed by atoms with E-state index in [1.807, 2.05) is 4.57 Å². The number of halogens is 1. The van der Waals surface area contributed by atoms with E-state index in [2.05, 4.69) is 18.8 Å². The third kappa shape index (κ3) is 3.64. The van der Waals surface area contributed by atoms with Gasteiger partial charge in [-0.1, -0.05) is 13.8 Å². The number of hydrogen-bond donors (Lipinski definition) is 1. The van der Waals surface area contributed by atoms with Crippen LogP contribution in [0.1, 0.15) is 20.3 Å². The summed E-state index contributed by atoms with van der Waals surface area (Å²) in [5, 5.41) is 0. The van der Waals surface area contributed by atoms with Crippen LogP contribution in [0, 0.1) is 16.5 Å². The molecule has 0 atom stereocenters. The van der Waals surface area contributed by atoms with Crippen molar-refractivity contribution in [2.75, 3.05) is 13.2 Å². The molecule has 5 heteroatoms. The largest absolute Gasteiger partial charge is 0.381 e. The van der Waals surface area contributed by atoms with Gasteiger partial charge in [-0.15, -0.1) is 0 Å². The second-order valence-corrected chi connectivity index (χ2v) is 5.45. The maximum atomic E-state index is 13.3. The summed E-state index contributed by atoms with van der Waals surface area (Å²) < 4.78 is 21.4. The predicted molar refractivity (Wildman–Crippen MR) is 77.4 cm³/mol. The maximum Gasteiger partial charge on any atom is 0.178 e. The van der Waals surface area contributed by atoms with E-state index in [0.29, 0.717) is 17.3 Å². The summed E-state index contributed by atoms with van der Waals surface area (Å²) in [5.41, 5.74) is 1.68. The first-order valence-corrected chi connectivity index (χ1v) is 6.94. The zero-order valence-electron chi connectivity index (χ0n) is 11.3. The molecule has 0 fully saturated rings. The van der Waals surface area contributed by atoms with E-state index in [4.69, 9.17) is 17.0 Å². The van der Waals surface area contributed by atoms with Crippen molar-refractivity contribution in [1.29, 1.82) is 0 Å². The lowest BCUT2D eigenvalue weighted by molar-refractivity contribution is 0.105. The number of rotatable bonds is 6. The Hall–Kier alpha value is -1.20. The number of aromatic nitrogens is 2. The van der Waals surface area contributed by atoms with E-state index < -0.39 is 0 Å². The van der Waals surface area contributed by atoms with Crippen LogP contribution in [-0.2, 0) is 11.3 Å². The molecule has 3 nitrogen and oxygen atoms in total. The fraction of sp³-hybridized carbons (Fsp3) is 0.500. The zero-order valence-corrected chi connectivity index (χ0v) is 12.1. The third-order valence-corrected chi connectivity index (χ3v) is 3.18. The molecule has 0 saturated heterocycles. The summed E-state index contributed by atoms with van der Waals surface area (Å²) in [7, 11) is 0. The molecule has 0 radical (unpaired) electrons. The van der Waals surface area contributed by atoms with Crippen molar-refractivity contribution in [2.24, 2.45) is 5.92 Å². The van der Waals surface area contributed by atoms with Gasteiger partial charge in [0, 0.05) is 19.8 Å². The van der Waals surface area contributed by atoms with Crippen LogP contribution < -0.4 is 0 Å². The summed E-state index contributed by atoms with van der Waals surface area (Å²) in [4.78, 5) is 3.08. The Morgan fingerprint density at radius 2 is 2.21 bits per heavy atom. The van der Waals surface area contributed by atoms with Gasteiger partial charge in [0.05, 0.1) is 11.0 Å². The van der Waals surface area contributed by atoms with Gasteiger partial charge in [0.2, 0.25) is 0 Å². The van der Waals surface area contributed by atoms with E-state index in [1.165, 1.54) is 12.1 Å². The van der Waals surface area contributed by atoms with E-state index in [-0.39, 0.29) is 5.82 Å². The average Bonchev–Trinajstić information content (AvgIpc) is 2.65. The highest BCUT2D eigenvalue weighted by atomic mass is 32.1. The molecule has 0 unspecified atom stereocenters. The number of fused-ring (bicyclic) bond motifs is 1. The summed E-state index contributed by atoms with van der Waals surface area (Å²) in [6.45, 7) is 6.45. The van der Waals surface area contributed by atoms with Crippen molar-refractivity contribution >= 4 is 23.3 Å². The molecule has 1 N–H and O–H groups in total. The molecule has 2 aromatic rings. The van der Waals surface area contributed by atoms with Crippen LogP contribution in [0.2, 0.25) is 0 Å². The number of aryl methyl sites for hydroxylation is 1. The van der Waals surface area contributed by atoms with Crippen LogP contribution in [0.3, 0.4) is 0 Å². The Kier molecular flexibility index (Phi) is 4.71. The Bertz CT molecular complexity index is 603. The van der Waals surface area contributed by atoms with Crippen LogP contribution in [-0.4, -0.2) is 22.8 Å². The minimum absolute atomic E-state index is 0.244. The van der Waals surface area contributed by atoms with Crippen molar-refractivity contribution in [2.45, 2.75) is 26.8 Å². The normalized spacial score (nSPS) is 11.6. The molecule has 1 heterocycles. The zero-order chi connectivity index (χ0) is 13.8. The highest BCUT2D eigenvalue weighted by Crippen LogP contribution is 2.16. The highest BCUT2D eigenvalue weighted by Gasteiger charge is 2.05. The van der Waals surface area contributed by atoms with Crippen LogP contribution in [0.5, 0.6) is 0 Å². The van der Waals surface area contributed by atoms with Crippen molar-refractivity contribution in [3.63, 3.8) is 0 Å². The van der Waals surface area contributed by atoms with Gasteiger partial charge in [-0.3, -0.25) is 0 Å². The number of hydrogen-bond acceptors (Lipinski definition) is 2. The van der Waals surface area contributed by atoms with E-state index in [0.717, 1.165) is 30.6 Å². The lowest BCUT2D eigenvalue weighted by Gasteiger charge is -2.07. The topological polar surface area (TPSA) is 29.9 Å². The number of H-pyrrole nitrogens is 1. The van der Waals surface area contributed by atoms with Gasteiger partial charge >= 0.3 is 0 Å². The number of aromatic amines is 1. The van der Waals surface area contributed by atoms with E-state index in [9.17, 15) is 4.39 Å². The highest BCUT2D eigenvalue weighted by molar-refractivity contribution is 7.71. The second-order valence-electron chi connectivity index (χ2n) is 5.07.